The molecule has 0 bridgehead atoms. The molecule has 2 aromatic carbocycles. The Kier molecular flexibility index (Phi) is 6.35. The predicted molar refractivity (Wildman–Crippen MR) is 127 cm³/mol. The van der Waals surface area contributed by atoms with Gasteiger partial charge in [-0.15, -0.1) is 0 Å². The van der Waals surface area contributed by atoms with Gasteiger partial charge in [-0.3, -0.25) is 4.79 Å². The van der Waals surface area contributed by atoms with E-state index in [1.807, 2.05) is 30.3 Å². The molecule has 1 fully saturated rings. The van der Waals surface area contributed by atoms with Crippen LogP contribution in [0.25, 0.3) is 5.69 Å². The summed E-state index contributed by atoms with van der Waals surface area (Å²) >= 11 is 0. The molecule has 0 saturated carbocycles. The Hall–Kier alpha value is -3.57. The van der Waals surface area contributed by atoms with Crippen LogP contribution in [0.15, 0.2) is 59.6 Å². The van der Waals surface area contributed by atoms with Crippen molar-refractivity contribution in [1.29, 1.82) is 0 Å². The summed E-state index contributed by atoms with van der Waals surface area (Å²) in [4.78, 5) is 15.0. The number of para-hydroxylation sites is 1. The number of piperazine rings is 1. The first kappa shape index (κ1) is 23.2. The van der Waals surface area contributed by atoms with Crippen LogP contribution in [-0.4, -0.2) is 79.8 Å². The van der Waals surface area contributed by atoms with Gasteiger partial charge in [0, 0.05) is 38.7 Å². The number of fused-ring (bicyclic) bond motifs is 1. The Bertz CT molecular complexity index is 1320. The van der Waals surface area contributed by atoms with Crippen LogP contribution in [0.3, 0.4) is 0 Å². The van der Waals surface area contributed by atoms with E-state index in [-0.39, 0.29) is 42.7 Å². The van der Waals surface area contributed by atoms with Crippen LogP contribution in [-0.2, 0) is 10.0 Å². The van der Waals surface area contributed by atoms with E-state index in [2.05, 4.69) is 5.10 Å². The number of nitrogens with zero attached hydrogens (tertiary/aromatic N) is 4. The Labute approximate surface area is 203 Å². The van der Waals surface area contributed by atoms with E-state index in [9.17, 15) is 13.2 Å². The fourth-order valence-corrected chi connectivity index (χ4v) is 5.54. The number of benzene rings is 2. The lowest BCUT2D eigenvalue weighted by atomic mass is 10.3. The maximum atomic E-state index is 13.3. The standard InChI is InChI=1S/C24H26N4O6S/c1-32-22-17-28(18-6-3-2-4-7-18)25-23(22)24(29)26-10-12-27(13-11-26)35(30,31)19-8-9-20-21(16-19)34-15-5-14-33-20/h2-4,6-9,16-17H,5,10-15H2,1H3. The molecule has 2 aliphatic heterocycles. The first-order valence-corrected chi connectivity index (χ1v) is 12.8. The highest BCUT2D eigenvalue weighted by atomic mass is 32.2. The van der Waals surface area contributed by atoms with Gasteiger partial charge in [0.05, 0.1) is 37.1 Å². The maximum absolute atomic E-state index is 13.3. The Balaban J connectivity index is 1.29. The average Bonchev–Trinajstić information content (AvgIpc) is 3.19. The molecule has 184 valence electrons. The van der Waals surface area contributed by atoms with Crippen molar-refractivity contribution >= 4 is 15.9 Å². The molecule has 0 atom stereocenters. The summed E-state index contributed by atoms with van der Waals surface area (Å²) < 4.78 is 46.1. The summed E-state index contributed by atoms with van der Waals surface area (Å²) in [5.74, 6) is 1.03. The first-order valence-electron chi connectivity index (χ1n) is 11.4. The lowest BCUT2D eigenvalue weighted by Gasteiger charge is -2.33. The van der Waals surface area contributed by atoms with Gasteiger partial charge in [-0.2, -0.15) is 9.40 Å². The number of carbonyl (C=O) groups excluding carboxylic acids is 1. The van der Waals surface area contributed by atoms with Crippen molar-refractivity contribution in [3.63, 3.8) is 0 Å². The largest absolute Gasteiger partial charge is 0.493 e. The van der Waals surface area contributed by atoms with Crippen LogP contribution < -0.4 is 14.2 Å². The van der Waals surface area contributed by atoms with Gasteiger partial charge in [-0.1, -0.05) is 18.2 Å². The normalized spacial score (nSPS) is 16.5. The van der Waals surface area contributed by atoms with Crippen molar-refractivity contribution in [2.24, 2.45) is 0 Å². The Morgan fingerprint density at radius 1 is 0.971 bits per heavy atom. The van der Waals surface area contributed by atoms with Crippen LogP contribution in [0.2, 0.25) is 0 Å². The van der Waals surface area contributed by atoms with Gasteiger partial charge >= 0.3 is 0 Å². The topological polar surface area (TPSA) is 103 Å². The molecular formula is C24H26N4O6S. The van der Waals surface area contributed by atoms with Gasteiger partial charge in [0.25, 0.3) is 5.91 Å². The molecule has 0 aliphatic carbocycles. The zero-order chi connectivity index (χ0) is 24.4. The SMILES string of the molecule is COc1cn(-c2ccccc2)nc1C(=O)N1CCN(S(=O)(=O)c2ccc3c(c2)OCCCO3)CC1. The van der Waals surface area contributed by atoms with Crippen LogP contribution in [0.4, 0.5) is 0 Å². The van der Waals surface area contributed by atoms with Gasteiger partial charge < -0.3 is 19.1 Å². The smallest absolute Gasteiger partial charge is 0.278 e. The third-order valence-electron chi connectivity index (χ3n) is 6.01. The quantitative estimate of drug-likeness (QED) is 0.531. The first-order chi connectivity index (χ1) is 17.0. The monoisotopic (exact) mass is 498 g/mol. The van der Waals surface area contributed by atoms with Crippen molar-refractivity contribution < 1.29 is 27.4 Å². The minimum Gasteiger partial charge on any atom is -0.493 e. The van der Waals surface area contributed by atoms with Gasteiger partial charge in [0.2, 0.25) is 10.0 Å². The van der Waals surface area contributed by atoms with E-state index in [0.29, 0.717) is 30.5 Å². The number of hydrogen-bond donors (Lipinski definition) is 0. The predicted octanol–water partition coefficient (Wildman–Crippen LogP) is 2.19. The highest BCUT2D eigenvalue weighted by Gasteiger charge is 2.33. The van der Waals surface area contributed by atoms with E-state index in [1.165, 1.54) is 23.5 Å². The van der Waals surface area contributed by atoms with Crippen LogP contribution in [0.1, 0.15) is 16.9 Å². The maximum Gasteiger partial charge on any atom is 0.278 e. The molecule has 1 saturated heterocycles. The van der Waals surface area contributed by atoms with Gasteiger partial charge in [0.15, 0.2) is 22.9 Å². The van der Waals surface area contributed by atoms with Crippen molar-refractivity contribution in [2.75, 3.05) is 46.5 Å². The molecule has 0 unspecified atom stereocenters. The summed E-state index contributed by atoms with van der Waals surface area (Å²) in [6, 6.07) is 14.1. The van der Waals surface area contributed by atoms with Crippen LogP contribution in [0, 0.1) is 0 Å². The van der Waals surface area contributed by atoms with Crippen LogP contribution >= 0.6 is 0 Å². The molecule has 2 aliphatic rings. The molecule has 5 rings (SSSR count). The van der Waals surface area contributed by atoms with E-state index < -0.39 is 10.0 Å². The third kappa shape index (κ3) is 4.56. The number of carbonyl (C=O) groups is 1. The van der Waals surface area contributed by atoms with Crippen molar-refractivity contribution in [2.45, 2.75) is 11.3 Å². The van der Waals surface area contributed by atoms with Gasteiger partial charge in [-0.25, -0.2) is 13.1 Å². The summed E-state index contributed by atoms with van der Waals surface area (Å²) in [5, 5.41) is 4.43. The summed E-state index contributed by atoms with van der Waals surface area (Å²) in [6.45, 7) is 1.83. The number of sulfonamides is 1. The zero-order valence-corrected chi connectivity index (χ0v) is 20.1. The lowest BCUT2D eigenvalue weighted by molar-refractivity contribution is 0.0688. The zero-order valence-electron chi connectivity index (χ0n) is 19.3. The molecule has 0 radical (unpaired) electrons. The number of methoxy groups -OCH3 is 1. The summed E-state index contributed by atoms with van der Waals surface area (Å²) in [7, 11) is -2.26. The molecule has 10 nitrogen and oxygen atoms in total. The van der Waals surface area contributed by atoms with Crippen molar-refractivity contribution in [3.8, 4) is 22.9 Å². The van der Waals surface area contributed by atoms with Gasteiger partial charge in [0.1, 0.15) is 0 Å². The van der Waals surface area contributed by atoms with E-state index in [4.69, 9.17) is 14.2 Å². The van der Waals surface area contributed by atoms with E-state index in [0.717, 1.165) is 12.1 Å². The summed E-state index contributed by atoms with van der Waals surface area (Å²) in [6.07, 6.45) is 2.40. The fraction of sp³-hybridized carbons (Fsp3) is 0.333. The van der Waals surface area contributed by atoms with E-state index in [1.54, 1.807) is 21.8 Å². The lowest BCUT2D eigenvalue weighted by Crippen LogP contribution is -2.50. The number of aromatic nitrogens is 2. The second-order valence-corrected chi connectivity index (χ2v) is 10.1. The molecule has 11 heteroatoms. The molecule has 0 spiro atoms. The van der Waals surface area contributed by atoms with Crippen LogP contribution in [0.5, 0.6) is 17.2 Å². The number of rotatable bonds is 5. The molecule has 3 heterocycles. The number of amides is 1. The molecular weight excluding hydrogens is 472 g/mol. The van der Waals surface area contributed by atoms with Gasteiger partial charge in [-0.05, 0) is 24.3 Å². The van der Waals surface area contributed by atoms with Crippen molar-refractivity contribution in [1.82, 2.24) is 19.0 Å². The average molecular weight is 499 g/mol. The second-order valence-electron chi connectivity index (χ2n) is 8.18. The highest BCUT2D eigenvalue weighted by Crippen LogP contribution is 2.33. The fourth-order valence-electron chi connectivity index (χ4n) is 4.10. The Morgan fingerprint density at radius 2 is 1.69 bits per heavy atom. The minimum atomic E-state index is -3.75. The molecule has 1 amide bonds. The molecule has 0 N–H and O–H groups in total. The number of ether oxygens (including phenoxy) is 3. The number of hydrogen-bond acceptors (Lipinski definition) is 7. The molecule has 35 heavy (non-hydrogen) atoms. The highest BCUT2D eigenvalue weighted by molar-refractivity contribution is 7.89. The second kappa shape index (κ2) is 9.59. The third-order valence-corrected chi connectivity index (χ3v) is 7.90. The summed E-state index contributed by atoms with van der Waals surface area (Å²) in [5.41, 5.74) is 0.992. The van der Waals surface area contributed by atoms with E-state index >= 15 is 0 Å². The molecule has 1 aromatic heterocycles. The molecule has 3 aromatic rings. The minimum absolute atomic E-state index is 0.143. The Morgan fingerprint density at radius 3 is 2.40 bits per heavy atom. The van der Waals surface area contributed by atoms with Crippen molar-refractivity contribution in [3.05, 3.63) is 60.4 Å².